The van der Waals surface area contributed by atoms with Crippen LogP contribution in [0.25, 0.3) is 11.3 Å². The number of rotatable bonds is 3. The van der Waals surface area contributed by atoms with Crippen LogP contribution in [0.15, 0.2) is 42.6 Å². The minimum Gasteiger partial charge on any atom is -0.379 e. The molecule has 3 rings (SSSR count). The van der Waals surface area contributed by atoms with Gasteiger partial charge in [0.2, 0.25) is 0 Å². The van der Waals surface area contributed by atoms with E-state index in [0.717, 1.165) is 17.7 Å². The highest BCUT2D eigenvalue weighted by atomic mass is 35.5. The van der Waals surface area contributed by atoms with E-state index in [4.69, 9.17) is 16.3 Å². The van der Waals surface area contributed by atoms with E-state index in [9.17, 15) is 4.79 Å². The second-order valence-electron chi connectivity index (χ2n) is 4.97. The highest BCUT2D eigenvalue weighted by molar-refractivity contribution is 6.30. The number of nitrogens with zero attached hydrogens (tertiary/aromatic N) is 1. The molecule has 1 fully saturated rings. The Bertz CT molecular complexity index is 620. The number of hydrogen-bond acceptors (Lipinski definition) is 3. The van der Waals surface area contributed by atoms with Crippen molar-refractivity contribution in [1.29, 1.82) is 0 Å². The molecule has 1 amide bonds. The molecular formula is C16H15ClN2O2. The molecule has 0 radical (unpaired) electrons. The summed E-state index contributed by atoms with van der Waals surface area (Å²) in [7, 11) is 0. The summed E-state index contributed by atoms with van der Waals surface area (Å²) in [5, 5.41) is 3.57. The third kappa shape index (κ3) is 3.40. The minimum absolute atomic E-state index is 0.0684. The lowest BCUT2D eigenvalue weighted by Crippen LogP contribution is -2.34. The number of benzene rings is 1. The number of amides is 1. The van der Waals surface area contributed by atoms with Gasteiger partial charge in [0.05, 0.1) is 23.4 Å². The fourth-order valence-electron chi connectivity index (χ4n) is 2.26. The lowest BCUT2D eigenvalue weighted by Gasteiger charge is -2.10. The Kier molecular flexibility index (Phi) is 4.18. The maximum atomic E-state index is 12.1. The monoisotopic (exact) mass is 302 g/mol. The molecule has 1 saturated heterocycles. The summed E-state index contributed by atoms with van der Waals surface area (Å²) in [6.45, 7) is 1.31. The predicted octanol–water partition coefficient (Wildman–Crippen LogP) is 2.92. The van der Waals surface area contributed by atoms with Crippen molar-refractivity contribution < 1.29 is 9.53 Å². The van der Waals surface area contributed by atoms with E-state index >= 15 is 0 Å². The zero-order chi connectivity index (χ0) is 14.7. The van der Waals surface area contributed by atoms with Gasteiger partial charge >= 0.3 is 0 Å². The normalized spacial score (nSPS) is 17.7. The third-order valence-electron chi connectivity index (χ3n) is 3.44. The van der Waals surface area contributed by atoms with Crippen LogP contribution < -0.4 is 5.32 Å². The molecule has 1 atom stereocenters. The molecule has 1 aliphatic heterocycles. The van der Waals surface area contributed by atoms with Crippen LogP contribution in [-0.4, -0.2) is 30.1 Å². The van der Waals surface area contributed by atoms with Crippen LogP contribution in [0.2, 0.25) is 5.02 Å². The number of aromatic nitrogens is 1. The van der Waals surface area contributed by atoms with Gasteiger partial charge in [-0.2, -0.15) is 0 Å². The van der Waals surface area contributed by atoms with Crippen LogP contribution in [0.5, 0.6) is 0 Å². The van der Waals surface area contributed by atoms with Gasteiger partial charge in [-0.15, -0.1) is 0 Å². The van der Waals surface area contributed by atoms with E-state index in [2.05, 4.69) is 10.3 Å². The van der Waals surface area contributed by atoms with Gasteiger partial charge in [0.25, 0.3) is 5.91 Å². The zero-order valence-electron chi connectivity index (χ0n) is 11.4. The number of halogens is 1. The van der Waals surface area contributed by atoms with Crippen LogP contribution >= 0.6 is 11.6 Å². The first-order chi connectivity index (χ1) is 10.2. The van der Waals surface area contributed by atoms with E-state index in [0.29, 0.717) is 23.8 Å². The molecule has 1 unspecified atom stereocenters. The molecule has 1 aliphatic rings. The van der Waals surface area contributed by atoms with Crippen molar-refractivity contribution in [3.05, 3.63) is 53.2 Å². The minimum atomic E-state index is -0.0684. The van der Waals surface area contributed by atoms with Crippen LogP contribution in [0.4, 0.5) is 0 Å². The molecule has 1 N–H and O–H groups in total. The molecular weight excluding hydrogens is 288 g/mol. The summed E-state index contributed by atoms with van der Waals surface area (Å²) in [5.41, 5.74) is 2.42. The second-order valence-corrected chi connectivity index (χ2v) is 5.41. The standard InChI is InChI=1S/C16H15ClN2O2/c17-13-5-6-15(18-9-13)11-1-3-12(4-2-11)16(20)19-14-7-8-21-10-14/h1-6,9,14H,7-8,10H2,(H,19,20). The topological polar surface area (TPSA) is 51.2 Å². The maximum absolute atomic E-state index is 12.1. The van der Waals surface area contributed by atoms with Gasteiger partial charge in [-0.1, -0.05) is 23.7 Å². The quantitative estimate of drug-likeness (QED) is 0.948. The fraction of sp³-hybridized carbons (Fsp3) is 0.250. The van der Waals surface area contributed by atoms with E-state index < -0.39 is 0 Å². The van der Waals surface area contributed by atoms with Gasteiger partial charge in [0.15, 0.2) is 0 Å². The Morgan fingerprint density at radius 3 is 2.67 bits per heavy atom. The van der Waals surface area contributed by atoms with Gasteiger partial charge in [0.1, 0.15) is 0 Å². The Morgan fingerprint density at radius 2 is 2.05 bits per heavy atom. The van der Waals surface area contributed by atoms with Crippen LogP contribution in [0, 0.1) is 0 Å². The smallest absolute Gasteiger partial charge is 0.251 e. The summed E-state index contributed by atoms with van der Waals surface area (Å²) in [6, 6.07) is 11.1. The highest BCUT2D eigenvalue weighted by Gasteiger charge is 2.18. The van der Waals surface area contributed by atoms with Gasteiger partial charge in [0, 0.05) is 23.9 Å². The summed E-state index contributed by atoms with van der Waals surface area (Å²) in [5.74, 6) is -0.0684. The van der Waals surface area contributed by atoms with E-state index in [1.165, 1.54) is 0 Å². The molecule has 2 aromatic rings. The van der Waals surface area contributed by atoms with Crippen molar-refractivity contribution in [2.75, 3.05) is 13.2 Å². The number of carbonyl (C=O) groups is 1. The number of nitrogens with one attached hydrogen (secondary N) is 1. The number of carbonyl (C=O) groups excluding carboxylic acids is 1. The molecule has 2 heterocycles. The van der Waals surface area contributed by atoms with Gasteiger partial charge in [-0.3, -0.25) is 9.78 Å². The van der Waals surface area contributed by atoms with Gasteiger partial charge in [-0.05, 0) is 30.7 Å². The van der Waals surface area contributed by atoms with E-state index in [-0.39, 0.29) is 11.9 Å². The third-order valence-corrected chi connectivity index (χ3v) is 3.66. The van der Waals surface area contributed by atoms with Crippen LogP contribution in [0.1, 0.15) is 16.8 Å². The Morgan fingerprint density at radius 1 is 1.24 bits per heavy atom. The zero-order valence-corrected chi connectivity index (χ0v) is 12.1. The average Bonchev–Trinajstić information content (AvgIpc) is 3.01. The fourth-order valence-corrected chi connectivity index (χ4v) is 2.37. The van der Waals surface area contributed by atoms with Gasteiger partial charge in [-0.25, -0.2) is 0 Å². The molecule has 0 aliphatic carbocycles. The lowest BCUT2D eigenvalue weighted by atomic mass is 10.1. The molecule has 1 aromatic carbocycles. The van der Waals surface area contributed by atoms with E-state index in [1.807, 2.05) is 18.2 Å². The first-order valence-corrected chi connectivity index (χ1v) is 7.21. The van der Waals surface area contributed by atoms with Crippen molar-refractivity contribution in [3.63, 3.8) is 0 Å². The first-order valence-electron chi connectivity index (χ1n) is 6.83. The van der Waals surface area contributed by atoms with Crippen LogP contribution in [-0.2, 0) is 4.74 Å². The molecule has 4 nitrogen and oxygen atoms in total. The average molecular weight is 303 g/mol. The Balaban J connectivity index is 1.71. The largest absolute Gasteiger partial charge is 0.379 e. The number of ether oxygens (including phenoxy) is 1. The van der Waals surface area contributed by atoms with Crippen molar-refractivity contribution in [1.82, 2.24) is 10.3 Å². The summed E-state index contributed by atoms with van der Waals surface area (Å²) in [4.78, 5) is 16.4. The predicted molar refractivity (Wildman–Crippen MR) is 81.4 cm³/mol. The summed E-state index contributed by atoms with van der Waals surface area (Å²) < 4.78 is 5.25. The second kappa shape index (κ2) is 6.24. The summed E-state index contributed by atoms with van der Waals surface area (Å²) in [6.07, 6.45) is 2.48. The van der Waals surface area contributed by atoms with Crippen molar-refractivity contribution in [3.8, 4) is 11.3 Å². The molecule has 5 heteroatoms. The first kappa shape index (κ1) is 14.0. The maximum Gasteiger partial charge on any atom is 0.251 e. The van der Waals surface area contributed by atoms with Crippen molar-refractivity contribution in [2.24, 2.45) is 0 Å². The Hall–Kier alpha value is -1.91. The summed E-state index contributed by atoms with van der Waals surface area (Å²) >= 11 is 5.82. The molecule has 1 aromatic heterocycles. The molecule has 0 bridgehead atoms. The van der Waals surface area contributed by atoms with Gasteiger partial charge < -0.3 is 10.1 Å². The van der Waals surface area contributed by atoms with Crippen LogP contribution in [0.3, 0.4) is 0 Å². The Labute approximate surface area is 128 Å². The lowest BCUT2D eigenvalue weighted by molar-refractivity contribution is 0.0930. The molecule has 21 heavy (non-hydrogen) atoms. The van der Waals surface area contributed by atoms with E-state index in [1.54, 1.807) is 24.4 Å². The SMILES string of the molecule is O=C(NC1CCOC1)c1ccc(-c2ccc(Cl)cn2)cc1. The molecule has 0 spiro atoms. The highest BCUT2D eigenvalue weighted by Crippen LogP contribution is 2.19. The molecule has 0 saturated carbocycles. The van der Waals surface area contributed by atoms with Crippen molar-refractivity contribution >= 4 is 17.5 Å². The number of hydrogen-bond donors (Lipinski definition) is 1. The van der Waals surface area contributed by atoms with Crippen molar-refractivity contribution in [2.45, 2.75) is 12.5 Å². The number of pyridine rings is 1. The molecule has 108 valence electrons.